The number of nitrogens with one attached hydrogen (secondary N) is 1. The van der Waals surface area contributed by atoms with Crippen molar-refractivity contribution in [2.45, 2.75) is 49.0 Å². The van der Waals surface area contributed by atoms with Crippen molar-refractivity contribution in [1.82, 2.24) is 14.7 Å². The van der Waals surface area contributed by atoms with Crippen LogP contribution >= 0.6 is 0 Å². The van der Waals surface area contributed by atoms with Crippen molar-refractivity contribution in [3.05, 3.63) is 41.5 Å². The molecule has 1 aromatic carbocycles. The van der Waals surface area contributed by atoms with E-state index in [0.717, 1.165) is 0 Å². The first-order chi connectivity index (χ1) is 13.2. The average Bonchev–Trinajstić information content (AvgIpc) is 3.40. The van der Waals surface area contributed by atoms with E-state index in [4.69, 9.17) is 0 Å². The fourth-order valence-corrected chi connectivity index (χ4v) is 5.08. The Balaban J connectivity index is 1.59. The molecule has 1 fully saturated rings. The fourth-order valence-electron chi connectivity index (χ4n) is 3.27. The van der Waals surface area contributed by atoms with Gasteiger partial charge in [0.05, 0.1) is 36.3 Å². The van der Waals surface area contributed by atoms with Gasteiger partial charge >= 0.3 is 6.03 Å². The minimum Gasteiger partial charge on any atom is -0.314 e. The molecule has 28 heavy (non-hydrogen) atoms. The summed E-state index contributed by atoms with van der Waals surface area (Å²) >= 11 is 0. The third-order valence-electron chi connectivity index (χ3n) is 4.97. The van der Waals surface area contributed by atoms with Crippen LogP contribution in [0.4, 0.5) is 23.7 Å². The molecule has 1 aliphatic carbocycles. The predicted molar refractivity (Wildman–Crippen MR) is 92.8 cm³/mol. The summed E-state index contributed by atoms with van der Waals surface area (Å²) in [6.07, 6.45) is 2.52. The van der Waals surface area contributed by atoms with Crippen molar-refractivity contribution >= 4 is 21.6 Å². The van der Waals surface area contributed by atoms with Crippen molar-refractivity contribution in [2.24, 2.45) is 0 Å². The number of rotatable bonds is 3. The summed E-state index contributed by atoms with van der Waals surface area (Å²) in [5.41, 5.74) is 0.162. The Morgan fingerprint density at radius 1 is 1.21 bits per heavy atom. The van der Waals surface area contributed by atoms with Gasteiger partial charge in [-0.1, -0.05) is 0 Å². The Bertz CT molecular complexity index is 1040. The topological polar surface area (TPSA) is 84.3 Å². The maximum atomic E-state index is 13.4. The van der Waals surface area contributed by atoms with E-state index >= 15 is 0 Å². The minimum absolute atomic E-state index is 0.0273. The first-order valence-electron chi connectivity index (χ1n) is 8.69. The summed E-state index contributed by atoms with van der Waals surface area (Å²) in [4.78, 5) is 14.1. The second-order valence-corrected chi connectivity index (χ2v) is 9.24. The van der Waals surface area contributed by atoms with Gasteiger partial charge in [-0.25, -0.2) is 26.4 Å². The van der Waals surface area contributed by atoms with E-state index in [1.807, 2.05) is 0 Å². The maximum Gasteiger partial charge on any atom is 0.322 e. The Hall–Kier alpha value is -2.56. The van der Waals surface area contributed by atoms with Gasteiger partial charge < -0.3 is 10.2 Å². The van der Waals surface area contributed by atoms with Crippen molar-refractivity contribution in [2.75, 3.05) is 5.32 Å². The van der Waals surface area contributed by atoms with Gasteiger partial charge in [0, 0.05) is 17.8 Å². The molecule has 1 atom stereocenters. The number of hydrogen-bond acceptors (Lipinski definition) is 4. The van der Waals surface area contributed by atoms with Crippen LogP contribution < -0.4 is 5.32 Å². The van der Waals surface area contributed by atoms with E-state index in [9.17, 15) is 26.4 Å². The highest BCUT2D eigenvalue weighted by molar-refractivity contribution is 7.92. The number of aromatic nitrogens is 2. The molecule has 0 saturated heterocycles. The van der Waals surface area contributed by atoms with Gasteiger partial charge in [-0.2, -0.15) is 5.10 Å². The van der Waals surface area contributed by atoms with Gasteiger partial charge in [0.25, 0.3) is 0 Å². The molecule has 2 aliphatic rings. The van der Waals surface area contributed by atoms with E-state index in [2.05, 4.69) is 10.4 Å². The number of fused-ring (bicyclic) bond motifs is 1. The molecule has 0 bridgehead atoms. The molecule has 1 aromatic heterocycles. The summed E-state index contributed by atoms with van der Waals surface area (Å²) in [7, 11) is -3.49. The fraction of sp³-hybridized carbons (Fsp3) is 0.412. The van der Waals surface area contributed by atoms with E-state index in [0.29, 0.717) is 30.7 Å². The molecule has 11 heteroatoms. The maximum absolute atomic E-state index is 13.4. The van der Waals surface area contributed by atoms with Crippen LogP contribution in [0.5, 0.6) is 0 Å². The average molecular weight is 414 g/mol. The van der Waals surface area contributed by atoms with Crippen LogP contribution in [0, 0.1) is 17.5 Å². The standard InChI is InChI=1S/C17H17F3N4O3S/c1-9-7-24-14(15(6-21-24)28(26,27)11-2-3-11)8-23(9)17(25)22-10-4-12(18)16(20)13(19)5-10/h4-6,9,11H,2-3,7-8H2,1H3,(H,22,25)/t9-/m0/s1. The van der Waals surface area contributed by atoms with Gasteiger partial charge in [-0.05, 0) is 19.8 Å². The molecule has 7 nitrogen and oxygen atoms in total. The molecule has 1 saturated carbocycles. The minimum atomic E-state index is -3.49. The number of carbonyl (C=O) groups excluding carboxylic acids is 1. The summed E-state index contributed by atoms with van der Waals surface area (Å²) in [6, 6.07) is 0.329. The molecule has 150 valence electrons. The van der Waals surface area contributed by atoms with Gasteiger partial charge in [0.1, 0.15) is 4.90 Å². The number of carbonyl (C=O) groups is 1. The number of hydrogen-bond donors (Lipinski definition) is 1. The Labute approximate surface area is 159 Å². The van der Waals surface area contributed by atoms with E-state index < -0.39 is 38.6 Å². The van der Waals surface area contributed by atoms with Gasteiger partial charge in [0.2, 0.25) is 0 Å². The summed E-state index contributed by atoms with van der Waals surface area (Å²) in [5.74, 6) is -4.46. The lowest BCUT2D eigenvalue weighted by Gasteiger charge is -2.34. The number of benzene rings is 1. The first kappa shape index (κ1) is 18.8. The first-order valence-corrected chi connectivity index (χ1v) is 10.2. The quantitative estimate of drug-likeness (QED) is 0.783. The van der Waals surface area contributed by atoms with Crippen LogP contribution in [-0.4, -0.2) is 40.4 Å². The molecule has 2 amide bonds. The lowest BCUT2D eigenvalue weighted by Crippen LogP contribution is -2.47. The number of urea groups is 1. The molecular formula is C17H17F3N4O3S. The van der Waals surface area contributed by atoms with Crippen LogP contribution in [-0.2, 0) is 22.9 Å². The largest absolute Gasteiger partial charge is 0.322 e. The summed E-state index contributed by atoms with van der Waals surface area (Å²) < 4.78 is 66.6. The smallest absolute Gasteiger partial charge is 0.314 e. The van der Waals surface area contributed by atoms with Gasteiger partial charge in [-0.3, -0.25) is 4.68 Å². The predicted octanol–water partition coefficient (Wildman–Crippen LogP) is 2.67. The lowest BCUT2D eigenvalue weighted by molar-refractivity contribution is 0.160. The van der Waals surface area contributed by atoms with Crippen LogP contribution in [0.15, 0.2) is 23.2 Å². The van der Waals surface area contributed by atoms with Crippen LogP contribution in [0.25, 0.3) is 0 Å². The van der Waals surface area contributed by atoms with E-state index in [-0.39, 0.29) is 29.7 Å². The zero-order valence-corrected chi connectivity index (χ0v) is 15.6. The molecular weight excluding hydrogens is 397 g/mol. The van der Waals surface area contributed by atoms with Crippen molar-refractivity contribution < 1.29 is 26.4 Å². The highest BCUT2D eigenvalue weighted by Gasteiger charge is 2.41. The Morgan fingerprint density at radius 2 is 1.86 bits per heavy atom. The molecule has 1 N–H and O–H groups in total. The third-order valence-corrected chi connectivity index (χ3v) is 7.27. The molecule has 0 unspecified atom stereocenters. The van der Waals surface area contributed by atoms with Crippen molar-refractivity contribution in [1.29, 1.82) is 0 Å². The highest BCUT2D eigenvalue weighted by Crippen LogP contribution is 2.36. The SMILES string of the molecule is C[C@H]1Cn2ncc(S(=O)(=O)C3CC3)c2CN1C(=O)Nc1cc(F)c(F)c(F)c1. The van der Waals surface area contributed by atoms with Gasteiger partial charge in [-0.15, -0.1) is 0 Å². The number of sulfone groups is 1. The Morgan fingerprint density at radius 3 is 2.46 bits per heavy atom. The number of halogens is 3. The zero-order chi connectivity index (χ0) is 20.2. The second-order valence-electron chi connectivity index (χ2n) is 7.04. The molecule has 2 heterocycles. The van der Waals surface area contributed by atoms with Crippen LogP contribution in [0.2, 0.25) is 0 Å². The highest BCUT2D eigenvalue weighted by atomic mass is 32.2. The molecule has 4 rings (SSSR count). The van der Waals surface area contributed by atoms with Crippen molar-refractivity contribution in [3.63, 3.8) is 0 Å². The van der Waals surface area contributed by atoms with E-state index in [1.54, 1.807) is 11.6 Å². The third kappa shape index (κ3) is 3.13. The normalized spacial score (nSPS) is 19.4. The lowest BCUT2D eigenvalue weighted by atomic mass is 10.2. The number of nitrogens with zero attached hydrogens (tertiary/aromatic N) is 3. The monoisotopic (exact) mass is 414 g/mol. The molecule has 0 radical (unpaired) electrons. The second kappa shape index (κ2) is 6.50. The Kier molecular flexibility index (Phi) is 4.36. The summed E-state index contributed by atoms with van der Waals surface area (Å²) in [6.45, 7) is 1.99. The number of anilines is 1. The molecule has 1 aliphatic heterocycles. The van der Waals surface area contributed by atoms with Crippen molar-refractivity contribution in [3.8, 4) is 0 Å². The number of amides is 2. The molecule has 2 aromatic rings. The summed E-state index contributed by atoms with van der Waals surface area (Å²) in [5, 5.41) is 6.05. The van der Waals surface area contributed by atoms with E-state index in [1.165, 1.54) is 11.1 Å². The molecule has 0 spiro atoms. The van der Waals surface area contributed by atoms with Gasteiger partial charge in [0.15, 0.2) is 27.3 Å². The zero-order valence-electron chi connectivity index (χ0n) is 14.8. The van der Waals surface area contributed by atoms with Crippen LogP contribution in [0.1, 0.15) is 25.5 Å². The van der Waals surface area contributed by atoms with Crippen LogP contribution in [0.3, 0.4) is 0 Å².